The van der Waals surface area contributed by atoms with Crippen LogP contribution in [0.25, 0.3) is 0 Å². The number of benzene rings is 1. The van der Waals surface area contributed by atoms with Crippen LogP contribution in [-0.2, 0) is 14.8 Å². The molecule has 2 atom stereocenters. The van der Waals surface area contributed by atoms with Crippen molar-refractivity contribution in [3.8, 4) is 5.75 Å². The van der Waals surface area contributed by atoms with Gasteiger partial charge in [0.2, 0.25) is 10.0 Å². The Balaban J connectivity index is 2.40. The lowest BCUT2D eigenvalue weighted by molar-refractivity contribution is -0.0440. The molecule has 1 aliphatic rings. The summed E-state index contributed by atoms with van der Waals surface area (Å²) in [4.78, 5) is 11.6. The number of nitrogens with zero attached hydrogens (tertiary/aromatic N) is 1. The fraction of sp³-hybridized carbons (Fsp3) is 0.533. The van der Waals surface area contributed by atoms with E-state index in [1.54, 1.807) is 6.92 Å². The molecule has 1 fully saturated rings. The van der Waals surface area contributed by atoms with Gasteiger partial charge in [0.15, 0.2) is 0 Å². The lowest BCUT2D eigenvalue weighted by Crippen LogP contribution is -2.48. The number of halogens is 1. The topological polar surface area (TPSA) is 72.9 Å². The maximum atomic E-state index is 12.8. The van der Waals surface area contributed by atoms with E-state index in [1.807, 2.05) is 13.8 Å². The second-order valence-electron chi connectivity index (χ2n) is 5.44. The van der Waals surface area contributed by atoms with Crippen LogP contribution in [-0.4, -0.2) is 49.9 Å². The molecule has 0 amide bonds. The number of ether oxygens (including phenoxy) is 2. The third-order valence-electron chi connectivity index (χ3n) is 3.49. The molecule has 1 aliphatic heterocycles. The van der Waals surface area contributed by atoms with Gasteiger partial charge < -0.3 is 9.47 Å². The molecule has 0 N–H and O–H groups in total. The van der Waals surface area contributed by atoms with E-state index in [0.717, 1.165) is 0 Å². The Hall–Kier alpha value is -1.15. The van der Waals surface area contributed by atoms with Crippen molar-refractivity contribution in [1.29, 1.82) is 0 Å². The molecule has 6 nitrogen and oxygen atoms in total. The minimum absolute atomic E-state index is 0.0197. The van der Waals surface area contributed by atoms with Crippen LogP contribution in [0, 0.1) is 0 Å². The standard InChI is InChI=1S/C15H20ClNO5S/c1-4-21-14-6-5-12(7-13(14)15(16)18)23(19,20)17-8-10(2)22-11(3)9-17/h5-7,10-11H,4,8-9H2,1-3H3. The Morgan fingerprint density at radius 1 is 1.35 bits per heavy atom. The summed E-state index contributed by atoms with van der Waals surface area (Å²) in [6.07, 6.45) is -0.379. The Kier molecular flexibility index (Phi) is 5.67. The van der Waals surface area contributed by atoms with Crippen molar-refractivity contribution >= 4 is 26.9 Å². The van der Waals surface area contributed by atoms with Crippen LogP contribution in [0.3, 0.4) is 0 Å². The highest BCUT2D eigenvalue weighted by Crippen LogP contribution is 2.27. The lowest BCUT2D eigenvalue weighted by atomic mass is 10.2. The minimum Gasteiger partial charge on any atom is -0.493 e. The minimum atomic E-state index is -3.73. The van der Waals surface area contributed by atoms with E-state index in [9.17, 15) is 13.2 Å². The van der Waals surface area contributed by atoms with Gasteiger partial charge in [0.25, 0.3) is 5.24 Å². The molecule has 8 heteroatoms. The summed E-state index contributed by atoms with van der Waals surface area (Å²) < 4.78 is 37.8. The van der Waals surface area contributed by atoms with Crippen LogP contribution in [0.1, 0.15) is 31.1 Å². The molecule has 0 aliphatic carbocycles. The van der Waals surface area contributed by atoms with Gasteiger partial charge >= 0.3 is 0 Å². The number of rotatable bonds is 5. The molecule has 0 radical (unpaired) electrons. The van der Waals surface area contributed by atoms with Crippen LogP contribution in [0.2, 0.25) is 0 Å². The van der Waals surface area contributed by atoms with Gasteiger partial charge in [-0.15, -0.1) is 0 Å². The highest BCUT2D eigenvalue weighted by Gasteiger charge is 2.32. The molecule has 1 heterocycles. The molecule has 0 aromatic heterocycles. The number of hydrogen-bond acceptors (Lipinski definition) is 5. The first-order chi connectivity index (χ1) is 10.8. The van der Waals surface area contributed by atoms with Gasteiger partial charge in [0.1, 0.15) is 5.75 Å². The highest BCUT2D eigenvalue weighted by molar-refractivity contribution is 7.89. The molecule has 1 aromatic carbocycles. The molecule has 1 aromatic rings. The first kappa shape index (κ1) is 18.2. The molecule has 128 valence electrons. The second-order valence-corrected chi connectivity index (χ2v) is 7.73. The van der Waals surface area contributed by atoms with Crippen molar-refractivity contribution in [2.45, 2.75) is 37.9 Å². The number of morpholine rings is 1. The van der Waals surface area contributed by atoms with E-state index in [1.165, 1.54) is 22.5 Å². The first-order valence-electron chi connectivity index (χ1n) is 7.38. The molecular weight excluding hydrogens is 342 g/mol. The Bertz CT molecular complexity index is 681. The SMILES string of the molecule is CCOc1ccc(S(=O)(=O)N2CC(C)OC(C)C2)cc1C(=O)Cl. The molecule has 2 unspecified atom stereocenters. The quantitative estimate of drug-likeness (QED) is 0.752. The van der Waals surface area contributed by atoms with E-state index in [2.05, 4.69) is 0 Å². The van der Waals surface area contributed by atoms with Crippen LogP contribution >= 0.6 is 11.6 Å². The van der Waals surface area contributed by atoms with Crippen molar-refractivity contribution in [3.63, 3.8) is 0 Å². The zero-order chi connectivity index (χ0) is 17.2. The maximum Gasteiger partial charge on any atom is 0.256 e. The smallest absolute Gasteiger partial charge is 0.256 e. The molecule has 0 spiro atoms. The van der Waals surface area contributed by atoms with E-state index in [0.29, 0.717) is 6.61 Å². The van der Waals surface area contributed by atoms with Gasteiger partial charge in [-0.1, -0.05) is 0 Å². The van der Waals surface area contributed by atoms with Gasteiger partial charge in [0.05, 0.1) is 29.3 Å². The molecule has 1 saturated heterocycles. The zero-order valence-corrected chi connectivity index (χ0v) is 14.9. The van der Waals surface area contributed by atoms with E-state index in [-0.39, 0.29) is 41.5 Å². The third-order valence-corrected chi connectivity index (χ3v) is 5.52. The van der Waals surface area contributed by atoms with Crippen LogP contribution in [0.5, 0.6) is 5.75 Å². The molecule has 0 bridgehead atoms. The lowest BCUT2D eigenvalue weighted by Gasteiger charge is -2.34. The summed E-state index contributed by atoms with van der Waals surface area (Å²) in [6.45, 7) is 6.30. The van der Waals surface area contributed by atoms with Crippen molar-refractivity contribution < 1.29 is 22.7 Å². The summed E-state index contributed by atoms with van der Waals surface area (Å²) >= 11 is 5.55. The molecular formula is C15H20ClNO5S. The van der Waals surface area contributed by atoms with E-state index in [4.69, 9.17) is 21.1 Å². The predicted octanol–water partition coefficient (Wildman–Crippen LogP) is 2.26. The summed E-state index contributed by atoms with van der Waals surface area (Å²) in [5.41, 5.74) is 0.0453. The van der Waals surface area contributed by atoms with Gasteiger partial charge in [-0.25, -0.2) is 8.42 Å². The third kappa shape index (κ3) is 4.03. The average molecular weight is 362 g/mol. The first-order valence-corrected chi connectivity index (χ1v) is 9.19. The number of carbonyl (C=O) groups is 1. The van der Waals surface area contributed by atoms with Crippen molar-refractivity contribution in [3.05, 3.63) is 23.8 Å². The van der Waals surface area contributed by atoms with Crippen LogP contribution < -0.4 is 4.74 Å². The Labute approximate surface area is 141 Å². The maximum absolute atomic E-state index is 12.8. The van der Waals surface area contributed by atoms with Gasteiger partial charge in [-0.3, -0.25) is 4.79 Å². The molecule has 0 saturated carbocycles. The Morgan fingerprint density at radius 3 is 2.48 bits per heavy atom. The molecule has 2 rings (SSSR count). The van der Waals surface area contributed by atoms with Crippen molar-refractivity contribution in [2.24, 2.45) is 0 Å². The van der Waals surface area contributed by atoms with Gasteiger partial charge in [-0.05, 0) is 50.6 Å². The fourth-order valence-electron chi connectivity index (χ4n) is 2.58. The fourth-order valence-corrected chi connectivity index (χ4v) is 4.35. The summed E-state index contributed by atoms with van der Waals surface area (Å²) in [5.74, 6) is 0.273. The summed E-state index contributed by atoms with van der Waals surface area (Å²) in [5, 5.41) is -0.755. The second kappa shape index (κ2) is 7.17. The van der Waals surface area contributed by atoms with Gasteiger partial charge in [-0.2, -0.15) is 4.31 Å². The van der Waals surface area contributed by atoms with Crippen molar-refractivity contribution in [1.82, 2.24) is 4.31 Å². The highest BCUT2D eigenvalue weighted by atomic mass is 35.5. The largest absolute Gasteiger partial charge is 0.493 e. The van der Waals surface area contributed by atoms with Gasteiger partial charge in [0, 0.05) is 13.1 Å². The normalized spacial score (nSPS) is 22.8. The van der Waals surface area contributed by atoms with Crippen molar-refractivity contribution in [2.75, 3.05) is 19.7 Å². The zero-order valence-electron chi connectivity index (χ0n) is 13.3. The van der Waals surface area contributed by atoms with E-state index >= 15 is 0 Å². The summed E-state index contributed by atoms with van der Waals surface area (Å²) in [7, 11) is -3.73. The van der Waals surface area contributed by atoms with E-state index < -0.39 is 15.3 Å². The number of sulfonamides is 1. The number of hydrogen-bond donors (Lipinski definition) is 0. The predicted molar refractivity (Wildman–Crippen MR) is 86.6 cm³/mol. The number of carbonyl (C=O) groups excluding carboxylic acids is 1. The summed E-state index contributed by atoms with van der Waals surface area (Å²) in [6, 6.07) is 4.15. The average Bonchev–Trinajstić information content (AvgIpc) is 2.46. The Morgan fingerprint density at radius 2 is 1.96 bits per heavy atom. The van der Waals surface area contributed by atoms with Crippen LogP contribution in [0.15, 0.2) is 23.1 Å². The van der Waals surface area contributed by atoms with Crippen LogP contribution in [0.4, 0.5) is 0 Å². The monoisotopic (exact) mass is 361 g/mol. The molecule has 23 heavy (non-hydrogen) atoms.